The predicted molar refractivity (Wildman–Crippen MR) is 88.7 cm³/mol. The third-order valence-corrected chi connectivity index (χ3v) is 3.17. The largest absolute Gasteiger partial charge is 0.493 e. The molecule has 0 fully saturated rings. The number of rotatable bonds is 10. The molecule has 0 aliphatic heterocycles. The summed E-state index contributed by atoms with van der Waals surface area (Å²) in [6, 6.07) is 4.89. The van der Waals surface area contributed by atoms with Gasteiger partial charge in [-0.25, -0.2) is 0 Å². The summed E-state index contributed by atoms with van der Waals surface area (Å²) < 4.78 is 15.9. The van der Waals surface area contributed by atoms with Crippen LogP contribution in [-0.2, 0) is 16.1 Å². The van der Waals surface area contributed by atoms with Crippen LogP contribution in [0.2, 0.25) is 0 Å². The number of nitrogens with one attached hydrogen (secondary N) is 1. The summed E-state index contributed by atoms with van der Waals surface area (Å²) in [7, 11) is 7.07. The van der Waals surface area contributed by atoms with E-state index in [4.69, 9.17) is 19.9 Å². The Morgan fingerprint density at radius 1 is 1.30 bits per heavy atom. The maximum atomic E-state index is 11.8. The van der Waals surface area contributed by atoms with E-state index in [2.05, 4.69) is 5.32 Å². The number of amides is 1. The summed E-state index contributed by atoms with van der Waals surface area (Å²) in [4.78, 5) is 13.8. The first-order valence-electron chi connectivity index (χ1n) is 7.44. The van der Waals surface area contributed by atoms with Gasteiger partial charge in [-0.05, 0) is 31.8 Å². The van der Waals surface area contributed by atoms with Gasteiger partial charge in [0, 0.05) is 20.2 Å². The molecular formula is C16H27N3O4. The zero-order valence-corrected chi connectivity index (χ0v) is 14.3. The molecule has 7 nitrogen and oxygen atoms in total. The van der Waals surface area contributed by atoms with Crippen LogP contribution in [0.4, 0.5) is 0 Å². The highest BCUT2D eigenvalue weighted by atomic mass is 16.5. The number of nitrogens with two attached hydrogens (primary N) is 1. The fraction of sp³-hybridized carbons (Fsp3) is 0.562. The van der Waals surface area contributed by atoms with Gasteiger partial charge in [-0.3, -0.25) is 4.79 Å². The maximum Gasteiger partial charge on any atom is 0.239 e. The molecule has 0 spiro atoms. The Bertz CT molecular complexity index is 494. The SMILES string of the molecule is COCC(N)C(=O)NCc1ccc(OCCN(C)C)c(OC)c1. The van der Waals surface area contributed by atoms with Crippen LogP contribution in [0, 0.1) is 0 Å². The summed E-state index contributed by atoms with van der Waals surface area (Å²) in [6.45, 7) is 1.95. The van der Waals surface area contributed by atoms with E-state index in [1.165, 1.54) is 7.11 Å². The number of ether oxygens (including phenoxy) is 3. The van der Waals surface area contributed by atoms with Gasteiger partial charge < -0.3 is 30.2 Å². The molecule has 1 aromatic rings. The zero-order valence-electron chi connectivity index (χ0n) is 14.3. The number of likely N-dealkylation sites (N-methyl/N-ethyl adjacent to an activating group) is 1. The van der Waals surface area contributed by atoms with Gasteiger partial charge >= 0.3 is 0 Å². The Hall–Kier alpha value is -1.83. The average molecular weight is 325 g/mol. The van der Waals surface area contributed by atoms with Crippen molar-refractivity contribution in [2.24, 2.45) is 5.73 Å². The maximum absolute atomic E-state index is 11.8. The fourth-order valence-corrected chi connectivity index (χ4v) is 1.85. The molecule has 3 N–H and O–H groups in total. The molecule has 0 bridgehead atoms. The lowest BCUT2D eigenvalue weighted by Crippen LogP contribution is -2.43. The minimum atomic E-state index is -0.671. The highest BCUT2D eigenvalue weighted by molar-refractivity contribution is 5.81. The van der Waals surface area contributed by atoms with Crippen molar-refractivity contribution in [2.45, 2.75) is 12.6 Å². The molecule has 7 heteroatoms. The van der Waals surface area contributed by atoms with E-state index < -0.39 is 6.04 Å². The third-order valence-electron chi connectivity index (χ3n) is 3.17. The molecule has 0 aliphatic rings. The monoisotopic (exact) mass is 325 g/mol. The molecule has 0 saturated carbocycles. The molecule has 0 saturated heterocycles. The zero-order chi connectivity index (χ0) is 17.2. The Morgan fingerprint density at radius 2 is 2.04 bits per heavy atom. The summed E-state index contributed by atoms with van der Waals surface area (Å²) in [6.07, 6.45) is 0. The van der Waals surface area contributed by atoms with Gasteiger partial charge in [-0.2, -0.15) is 0 Å². The molecule has 0 radical (unpaired) electrons. The molecule has 130 valence electrons. The molecule has 1 unspecified atom stereocenters. The molecule has 1 atom stereocenters. The van der Waals surface area contributed by atoms with Crippen molar-refractivity contribution in [3.05, 3.63) is 23.8 Å². The van der Waals surface area contributed by atoms with Crippen molar-refractivity contribution in [3.8, 4) is 11.5 Å². The van der Waals surface area contributed by atoms with Gasteiger partial charge in [0.1, 0.15) is 12.6 Å². The third kappa shape index (κ3) is 6.85. The van der Waals surface area contributed by atoms with Crippen molar-refractivity contribution in [3.63, 3.8) is 0 Å². The lowest BCUT2D eigenvalue weighted by atomic mass is 10.2. The van der Waals surface area contributed by atoms with E-state index in [-0.39, 0.29) is 12.5 Å². The second-order valence-electron chi connectivity index (χ2n) is 5.42. The number of hydrogen-bond donors (Lipinski definition) is 2. The molecular weight excluding hydrogens is 298 g/mol. The smallest absolute Gasteiger partial charge is 0.239 e. The first-order chi connectivity index (χ1) is 11.0. The van der Waals surface area contributed by atoms with E-state index in [0.29, 0.717) is 24.7 Å². The minimum absolute atomic E-state index is 0.188. The van der Waals surface area contributed by atoms with Gasteiger partial charge in [0.15, 0.2) is 11.5 Å². The van der Waals surface area contributed by atoms with E-state index in [1.807, 2.05) is 37.2 Å². The molecule has 1 aromatic carbocycles. The van der Waals surface area contributed by atoms with Crippen molar-refractivity contribution in [2.75, 3.05) is 48.1 Å². The Kier molecular flexibility index (Phi) is 8.39. The number of methoxy groups -OCH3 is 2. The summed E-state index contributed by atoms with van der Waals surface area (Å²) >= 11 is 0. The van der Waals surface area contributed by atoms with Crippen molar-refractivity contribution in [1.82, 2.24) is 10.2 Å². The topological polar surface area (TPSA) is 86.0 Å². The normalized spacial score (nSPS) is 12.1. The van der Waals surface area contributed by atoms with E-state index in [0.717, 1.165) is 12.1 Å². The van der Waals surface area contributed by atoms with Crippen LogP contribution in [0.3, 0.4) is 0 Å². The Morgan fingerprint density at radius 3 is 2.65 bits per heavy atom. The fourth-order valence-electron chi connectivity index (χ4n) is 1.85. The van der Waals surface area contributed by atoms with E-state index in [9.17, 15) is 4.79 Å². The standard InChI is InChI=1S/C16H27N3O4/c1-19(2)7-8-23-14-6-5-12(9-15(14)22-4)10-18-16(20)13(17)11-21-3/h5-6,9,13H,7-8,10-11,17H2,1-4H3,(H,18,20). The van der Waals surface area contributed by atoms with Crippen LogP contribution in [0.25, 0.3) is 0 Å². The van der Waals surface area contributed by atoms with Gasteiger partial charge in [-0.1, -0.05) is 6.07 Å². The second kappa shape index (κ2) is 10.0. The van der Waals surface area contributed by atoms with Crippen molar-refractivity contribution in [1.29, 1.82) is 0 Å². The minimum Gasteiger partial charge on any atom is -0.493 e. The lowest BCUT2D eigenvalue weighted by Gasteiger charge is -2.15. The van der Waals surface area contributed by atoms with Gasteiger partial charge in [0.2, 0.25) is 5.91 Å². The Balaban J connectivity index is 2.59. The number of carbonyl (C=O) groups is 1. The molecule has 1 rings (SSSR count). The van der Waals surface area contributed by atoms with E-state index in [1.54, 1.807) is 7.11 Å². The Labute approximate surface area is 137 Å². The van der Waals surface area contributed by atoms with Crippen LogP contribution in [-0.4, -0.2) is 64.9 Å². The quantitative estimate of drug-likeness (QED) is 0.640. The van der Waals surface area contributed by atoms with Crippen LogP contribution in [0.1, 0.15) is 5.56 Å². The van der Waals surface area contributed by atoms with Crippen LogP contribution in [0.5, 0.6) is 11.5 Å². The summed E-state index contributed by atoms with van der Waals surface area (Å²) in [5.74, 6) is 1.06. The predicted octanol–water partition coefficient (Wildman–Crippen LogP) is 0.226. The van der Waals surface area contributed by atoms with Gasteiger partial charge in [-0.15, -0.1) is 0 Å². The summed E-state index contributed by atoms with van der Waals surface area (Å²) in [5.41, 5.74) is 6.57. The van der Waals surface area contributed by atoms with Gasteiger partial charge in [0.25, 0.3) is 0 Å². The first-order valence-corrected chi connectivity index (χ1v) is 7.44. The van der Waals surface area contributed by atoms with Gasteiger partial charge in [0.05, 0.1) is 13.7 Å². The van der Waals surface area contributed by atoms with Crippen molar-refractivity contribution >= 4 is 5.91 Å². The number of nitrogens with zero attached hydrogens (tertiary/aromatic N) is 1. The second-order valence-corrected chi connectivity index (χ2v) is 5.42. The molecule has 0 aliphatic carbocycles. The average Bonchev–Trinajstić information content (AvgIpc) is 2.53. The lowest BCUT2D eigenvalue weighted by molar-refractivity contribution is -0.123. The number of carbonyl (C=O) groups excluding carboxylic acids is 1. The first kappa shape index (κ1) is 19.2. The molecule has 0 aromatic heterocycles. The van der Waals surface area contributed by atoms with E-state index >= 15 is 0 Å². The molecule has 23 heavy (non-hydrogen) atoms. The number of benzene rings is 1. The molecule has 0 heterocycles. The van der Waals surface area contributed by atoms with Crippen LogP contribution < -0.4 is 20.5 Å². The highest BCUT2D eigenvalue weighted by Crippen LogP contribution is 2.28. The van der Waals surface area contributed by atoms with Crippen LogP contribution >= 0.6 is 0 Å². The molecule has 1 amide bonds. The number of hydrogen-bond acceptors (Lipinski definition) is 6. The van der Waals surface area contributed by atoms with Crippen LogP contribution in [0.15, 0.2) is 18.2 Å². The van der Waals surface area contributed by atoms with Crippen molar-refractivity contribution < 1.29 is 19.0 Å². The highest BCUT2D eigenvalue weighted by Gasteiger charge is 2.13. The summed E-state index contributed by atoms with van der Waals surface area (Å²) in [5, 5.41) is 2.77.